The van der Waals surface area contributed by atoms with Crippen LogP contribution in [0.1, 0.15) is 101 Å². The van der Waals surface area contributed by atoms with Crippen molar-refractivity contribution >= 4 is 5.97 Å². The Morgan fingerprint density at radius 2 is 1.57 bits per heavy atom. The first-order valence-corrected chi connectivity index (χ1v) is 19.9. The summed E-state index contributed by atoms with van der Waals surface area (Å²) in [6.45, 7) is 19.9. The van der Waals surface area contributed by atoms with Crippen LogP contribution in [0.2, 0.25) is 0 Å². The van der Waals surface area contributed by atoms with Crippen molar-refractivity contribution in [1.82, 2.24) is 9.80 Å². The van der Waals surface area contributed by atoms with Gasteiger partial charge in [0.25, 0.3) is 0 Å². The zero-order valence-electron chi connectivity index (χ0n) is 34.3. The smallest absolute Gasteiger partial charge is 0.311 e. The summed E-state index contributed by atoms with van der Waals surface area (Å²) in [4.78, 5) is 18.4. The molecule has 5 N–H and O–H groups in total. The molecule has 0 amide bonds. The Kier molecular flexibility index (Phi) is 14.9. The molecule has 0 aromatic heterocycles. The van der Waals surface area contributed by atoms with Gasteiger partial charge in [0.15, 0.2) is 12.6 Å². The average Bonchev–Trinajstić information content (AvgIpc) is 3.05. The summed E-state index contributed by atoms with van der Waals surface area (Å²) in [7, 11) is 3.36. The van der Waals surface area contributed by atoms with E-state index in [2.05, 4.69) is 4.90 Å². The number of hydrogen-bond acceptors (Lipinski definition) is 14. The van der Waals surface area contributed by atoms with E-state index in [4.69, 9.17) is 28.4 Å². The third kappa shape index (κ3) is 9.76. The van der Waals surface area contributed by atoms with Crippen LogP contribution in [0.25, 0.3) is 0 Å². The van der Waals surface area contributed by atoms with Gasteiger partial charge >= 0.3 is 5.97 Å². The number of likely N-dealkylation sites (tertiary alicyclic amines) is 1. The number of hydrogen-bond donors (Lipinski definition) is 5. The molecule has 18 atom stereocenters. The average molecular weight is 761 g/mol. The van der Waals surface area contributed by atoms with E-state index in [0.29, 0.717) is 13.0 Å². The van der Waals surface area contributed by atoms with Crippen LogP contribution in [0.15, 0.2) is 0 Å². The van der Waals surface area contributed by atoms with Crippen LogP contribution in [-0.4, -0.2) is 165 Å². The number of methoxy groups -OCH3 is 1. The topological polar surface area (TPSA) is 180 Å². The molecule has 0 bridgehead atoms. The number of carbonyl (C=O) groups excluding carboxylic acids is 1. The van der Waals surface area contributed by atoms with E-state index in [9.17, 15) is 30.3 Å². The van der Waals surface area contributed by atoms with Crippen molar-refractivity contribution in [2.75, 3.05) is 33.8 Å². The number of nitrogens with zero attached hydrogens (tertiary/aromatic N) is 2. The lowest BCUT2D eigenvalue weighted by Crippen LogP contribution is -2.62. The Balaban J connectivity index is 1.80. The summed E-state index contributed by atoms with van der Waals surface area (Å²) < 4.78 is 37.7. The molecule has 0 saturated carbocycles. The van der Waals surface area contributed by atoms with Crippen LogP contribution in [0.4, 0.5) is 0 Å². The van der Waals surface area contributed by atoms with Crippen molar-refractivity contribution < 1.29 is 58.7 Å². The summed E-state index contributed by atoms with van der Waals surface area (Å²) in [6.07, 6.45) is -6.86. The molecule has 310 valence electrons. The van der Waals surface area contributed by atoms with Crippen molar-refractivity contribution in [2.45, 2.75) is 192 Å². The molecule has 4 rings (SSSR count). The second-order valence-corrected chi connectivity index (χ2v) is 17.6. The van der Waals surface area contributed by atoms with Gasteiger partial charge in [-0.2, -0.15) is 0 Å². The van der Waals surface area contributed by atoms with Crippen LogP contribution >= 0.6 is 0 Å². The third-order valence-electron chi connectivity index (χ3n) is 12.9. The number of aliphatic hydroxyl groups excluding tert-OH is 3. The monoisotopic (exact) mass is 761 g/mol. The summed E-state index contributed by atoms with van der Waals surface area (Å²) in [5.41, 5.74) is -4.35. The Morgan fingerprint density at radius 1 is 0.925 bits per heavy atom. The number of esters is 1. The summed E-state index contributed by atoms with van der Waals surface area (Å²) in [5, 5.41) is 58.4. The van der Waals surface area contributed by atoms with Crippen LogP contribution in [0.3, 0.4) is 0 Å². The molecule has 53 heavy (non-hydrogen) atoms. The maximum Gasteiger partial charge on any atom is 0.311 e. The first-order valence-electron chi connectivity index (χ1n) is 19.9. The second-order valence-electron chi connectivity index (χ2n) is 17.6. The highest BCUT2D eigenvalue weighted by atomic mass is 16.7. The van der Waals surface area contributed by atoms with Gasteiger partial charge in [-0.15, -0.1) is 0 Å². The molecule has 0 aromatic carbocycles. The summed E-state index contributed by atoms with van der Waals surface area (Å²) in [5.74, 6) is -2.54. The van der Waals surface area contributed by atoms with Gasteiger partial charge in [0.1, 0.15) is 30.0 Å². The Morgan fingerprint density at radius 3 is 2.13 bits per heavy atom. The molecule has 4 aliphatic rings. The highest BCUT2D eigenvalue weighted by molar-refractivity contribution is 5.73. The van der Waals surface area contributed by atoms with Gasteiger partial charge < -0.3 is 58.9 Å². The Labute approximate surface area is 317 Å². The number of rotatable bonds is 7. The maximum atomic E-state index is 14.2. The van der Waals surface area contributed by atoms with E-state index >= 15 is 0 Å². The normalized spacial score (nSPS) is 50.4. The zero-order valence-corrected chi connectivity index (χ0v) is 34.3. The van der Waals surface area contributed by atoms with E-state index < -0.39 is 96.0 Å². The van der Waals surface area contributed by atoms with Gasteiger partial charge in [-0.05, 0) is 100 Å². The molecule has 0 radical (unpaired) electrons. The minimum absolute atomic E-state index is 0.133. The first-order chi connectivity index (χ1) is 24.6. The Bertz CT molecular complexity index is 1190. The second kappa shape index (κ2) is 17.6. The molecule has 0 aliphatic carbocycles. The van der Waals surface area contributed by atoms with E-state index in [1.807, 2.05) is 39.6 Å². The fourth-order valence-electron chi connectivity index (χ4n) is 9.26. The highest BCUT2D eigenvalue weighted by Gasteiger charge is 2.53. The van der Waals surface area contributed by atoms with Gasteiger partial charge in [-0.1, -0.05) is 20.8 Å². The highest BCUT2D eigenvalue weighted by Crippen LogP contribution is 2.40. The molecule has 14 nitrogen and oxygen atoms in total. The molecular formula is C39H72N2O12. The Hall–Kier alpha value is -1.01. The van der Waals surface area contributed by atoms with E-state index in [-0.39, 0.29) is 37.3 Å². The zero-order chi connectivity index (χ0) is 39.8. The van der Waals surface area contributed by atoms with Crippen LogP contribution in [0, 0.1) is 17.8 Å². The van der Waals surface area contributed by atoms with Crippen LogP contribution in [0.5, 0.6) is 0 Å². The lowest BCUT2D eigenvalue weighted by atomic mass is 9.77. The quantitative estimate of drug-likeness (QED) is 0.238. The third-order valence-corrected chi connectivity index (χ3v) is 12.9. The molecule has 0 unspecified atom stereocenters. The van der Waals surface area contributed by atoms with E-state index in [1.165, 1.54) is 14.0 Å². The van der Waals surface area contributed by atoms with E-state index in [1.54, 1.807) is 34.6 Å². The first kappa shape index (κ1) is 44.7. The molecule has 4 saturated heterocycles. The van der Waals surface area contributed by atoms with Crippen molar-refractivity contribution in [3.8, 4) is 0 Å². The minimum atomic E-state index is -1.79. The molecular weight excluding hydrogens is 688 g/mol. The fraction of sp³-hybridized carbons (Fsp3) is 0.974. The van der Waals surface area contributed by atoms with E-state index in [0.717, 1.165) is 19.5 Å². The summed E-state index contributed by atoms with van der Waals surface area (Å²) >= 11 is 0. The van der Waals surface area contributed by atoms with Crippen molar-refractivity contribution in [1.29, 1.82) is 0 Å². The van der Waals surface area contributed by atoms with Gasteiger partial charge in [-0.3, -0.25) is 9.69 Å². The lowest BCUT2D eigenvalue weighted by molar-refractivity contribution is -0.319. The lowest BCUT2D eigenvalue weighted by Gasteiger charge is -2.50. The predicted molar refractivity (Wildman–Crippen MR) is 197 cm³/mol. The minimum Gasteiger partial charge on any atom is -0.459 e. The number of ether oxygens (including phenoxy) is 6. The standard InChI is InChI=1S/C39H72N2O12/c1-13-28-39(10,47)32(43)25(6)40(11)20-21(2)18-37(8,46)34(53-36-30(42)27(17-22(3)49-36)41-15-14-16-41)23(4)31(24(5)35(45)51-28)52-29-19-38(9,48-12)33(44)26(7)50-29/h21-34,36,42-44,46-47H,13-20H2,1-12H3/t21-,22-,23+,24-,25-,26+,27+,28-,29+,30-,31+,32-,33+,34-,36+,37-,38-,39-/m1/s1. The number of cyclic esters (lactones) is 1. The fourth-order valence-corrected chi connectivity index (χ4v) is 9.26. The molecule has 4 heterocycles. The van der Waals surface area contributed by atoms with Crippen LogP contribution in [-0.2, 0) is 33.2 Å². The van der Waals surface area contributed by atoms with Gasteiger partial charge in [-0.25, -0.2) is 0 Å². The largest absolute Gasteiger partial charge is 0.459 e. The molecule has 4 fully saturated rings. The van der Waals surface area contributed by atoms with Crippen molar-refractivity contribution in [3.05, 3.63) is 0 Å². The molecule has 14 heteroatoms. The van der Waals surface area contributed by atoms with Gasteiger partial charge in [0.2, 0.25) is 0 Å². The van der Waals surface area contributed by atoms with Crippen molar-refractivity contribution in [3.63, 3.8) is 0 Å². The number of aliphatic hydroxyl groups is 5. The molecule has 0 aromatic rings. The maximum absolute atomic E-state index is 14.2. The van der Waals surface area contributed by atoms with Crippen LogP contribution < -0.4 is 0 Å². The SMILES string of the molecule is CC[C@H]1OC(=O)[C@H](C)[C@@H](O[C@H]2C[C@@](C)(OC)[C@@H](O)[C@H](C)O2)[C@H](C)[C@@H](O[C@@H]2O[C@H](C)C[C@H](N3CCC3)[C@H]2O)[C@](C)(O)C[C@@H](C)CN(C)[C@H](C)[C@@H](O)[C@]1(C)O. The van der Waals surface area contributed by atoms with Gasteiger partial charge in [0, 0.05) is 38.1 Å². The predicted octanol–water partition coefficient (Wildman–Crippen LogP) is 2.04. The number of carbonyl (C=O) groups is 1. The molecule has 4 aliphatic heterocycles. The molecule has 0 spiro atoms. The van der Waals surface area contributed by atoms with Crippen molar-refractivity contribution in [2.24, 2.45) is 17.8 Å². The van der Waals surface area contributed by atoms with Gasteiger partial charge in [0.05, 0.1) is 41.5 Å². The number of likely N-dealkylation sites (N-methyl/N-ethyl adjacent to an activating group) is 1. The summed E-state index contributed by atoms with van der Waals surface area (Å²) in [6, 6.07) is -0.702.